The van der Waals surface area contributed by atoms with Crippen LogP contribution in [-0.4, -0.2) is 24.4 Å². The molecule has 1 saturated heterocycles. The van der Waals surface area contributed by atoms with Crippen LogP contribution >= 0.6 is 0 Å². The molecule has 0 radical (unpaired) electrons. The second kappa shape index (κ2) is 6.61. The van der Waals surface area contributed by atoms with Gasteiger partial charge in [0.2, 0.25) is 0 Å². The van der Waals surface area contributed by atoms with Crippen LogP contribution in [0, 0.1) is 11.8 Å². The van der Waals surface area contributed by atoms with Gasteiger partial charge in [-0.15, -0.1) is 0 Å². The van der Waals surface area contributed by atoms with E-state index in [-0.39, 0.29) is 6.10 Å². The smallest absolute Gasteiger partial charge is 0.0598 e. The van der Waals surface area contributed by atoms with Gasteiger partial charge in [-0.05, 0) is 37.5 Å². The van der Waals surface area contributed by atoms with Crippen molar-refractivity contribution in [2.75, 3.05) is 13.2 Å². The van der Waals surface area contributed by atoms with Gasteiger partial charge in [0, 0.05) is 13.2 Å². The standard InChI is InChI=1S/C14H26O2/c15-14(13-8-10-16-11-9-13)12-6-4-2-1-3-5-7-12/h12-15H,1-11H2. The lowest BCUT2D eigenvalue weighted by atomic mass is 9.79. The van der Waals surface area contributed by atoms with Crippen LogP contribution in [-0.2, 0) is 4.74 Å². The van der Waals surface area contributed by atoms with E-state index in [9.17, 15) is 5.11 Å². The first kappa shape index (κ1) is 12.4. The highest BCUT2D eigenvalue weighted by Crippen LogP contribution is 2.31. The van der Waals surface area contributed by atoms with Gasteiger partial charge in [0.15, 0.2) is 0 Å². The average Bonchev–Trinajstić information content (AvgIpc) is 2.29. The SMILES string of the molecule is OC(C1CCCCCCC1)C1CCOCC1. The first-order valence-corrected chi connectivity index (χ1v) is 7.14. The van der Waals surface area contributed by atoms with E-state index < -0.39 is 0 Å². The molecule has 0 aromatic heterocycles. The van der Waals surface area contributed by atoms with Crippen molar-refractivity contribution in [3.8, 4) is 0 Å². The van der Waals surface area contributed by atoms with E-state index in [1.165, 1.54) is 44.9 Å². The summed E-state index contributed by atoms with van der Waals surface area (Å²) in [5.41, 5.74) is 0. The second-order valence-corrected chi connectivity index (χ2v) is 5.55. The third kappa shape index (κ3) is 3.46. The topological polar surface area (TPSA) is 29.5 Å². The highest BCUT2D eigenvalue weighted by Gasteiger charge is 2.28. The second-order valence-electron chi connectivity index (χ2n) is 5.55. The number of aliphatic hydroxyl groups excluding tert-OH is 1. The van der Waals surface area contributed by atoms with Crippen LogP contribution < -0.4 is 0 Å². The van der Waals surface area contributed by atoms with Gasteiger partial charge in [-0.25, -0.2) is 0 Å². The van der Waals surface area contributed by atoms with Gasteiger partial charge in [0.1, 0.15) is 0 Å². The third-order valence-corrected chi connectivity index (χ3v) is 4.38. The van der Waals surface area contributed by atoms with Gasteiger partial charge in [-0.2, -0.15) is 0 Å². The van der Waals surface area contributed by atoms with Crippen molar-refractivity contribution >= 4 is 0 Å². The summed E-state index contributed by atoms with van der Waals surface area (Å²) < 4.78 is 5.37. The van der Waals surface area contributed by atoms with Crippen LogP contribution in [0.2, 0.25) is 0 Å². The minimum Gasteiger partial charge on any atom is -0.393 e. The van der Waals surface area contributed by atoms with Gasteiger partial charge in [-0.1, -0.05) is 32.1 Å². The lowest BCUT2D eigenvalue weighted by Crippen LogP contribution is -2.33. The van der Waals surface area contributed by atoms with Crippen molar-refractivity contribution in [2.45, 2.75) is 63.9 Å². The number of rotatable bonds is 2. The number of hydrogen-bond donors (Lipinski definition) is 1. The van der Waals surface area contributed by atoms with Gasteiger partial charge in [0.25, 0.3) is 0 Å². The molecule has 0 bridgehead atoms. The molecule has 94 valence electrons. The molecule has 0 aromatic rings. The van der Waals surface area contributed by atoms with Crippen molar-refractivity contribution in [3.63, 3.8) is 0 Å². The molecule has 0 aromatic carbocycles. The molecule has 1 N–H and O–H groups in total. The van der Waals surface area contributed by atoms with E-state index in [0.717, 1.165) is 26.1 Å². The quantitative estimate of drug-likeness (QED) is 0.784. The molecule has 0 amide bonds. The summed E-state index contributed by atoms with van der Waals surface area (Å²) in [6, 6.07) is 0. The Balaban J connectivity index is 1.82. The Labute approximate surface area is 99.4 Å². The molecule has 1 aliphatic carbocycles. The summed E-state index contributed by atoms with van der Waals surface area (Å²) >= 11 is 0. The van der Waals surface area contributed by atoms with Crippen LogP contribution in [0.1, 0.15) is 57.8 Å². The lowest BCUT2D eigenvalue weighted by molar-refractivity contribution is -0.0227. The summed E-state index contributed by atoms with van der Waals surface area (Å²) in [6.07, 6.45) is 11.4. The minimum atomic E-state index is -0.0537. The molecular formula is C14H26O2. The Morgan fingerprint density at radius 3 is 1.88 bits per heavy atom. The fourth-order valence-electron chi connectivity index (χ4n) is 3.27. The van der Waals surface area contributed by atoms with Crippen LogP contribution in [0.5, 0.6) is 0 Å². The number of hydrogen-bond acceptors (Lipinski definition) is 2. The maximum atomic E-state index is 10.5. The van der Waals surface area contributed by atoms with Gasteiger partial charge in [-0.3, -0.25) is 0 Å². The predicted molar refractivity (Wildman–Crippen MR) is 65.4 cm³/mol. The van der Waals surface area contributed by atoms with Gasteiger partial charge in [0.05, 0.1) is 6.10 Å². The van der Waals surface area contributed by atoms with E-state index in [1.54, 1.807) is 0 Å². The van der Waals surface area contributed by atoms with Crippen molar-refractivity contribution in [3.05, 3.63) is 0 Å². The largest absolute Gasteiger partial charge is 0.393 e. The number of aliphatic hydroxyl groups is 1. The summed E-state index contributed by atoms with van der Waals surface area (Å²) in [6.45, 7) is 1.71. The Kier molecular flexibility index (Phi) is 5.11. The fourth-order valence-corrected chi connectivity index (χ4v) is 3.27. The molecule has 1 aliphatic heterocycles. The monoisotopic (exact) mass is 226 g/mol. The van der Waals surface area contributed by atoms with E-state index in [4.69, 9.17) is 4.74 Å². The highest BCUT2D eigenvalue weighted by atomic mass is 16.5. The third-order valence-electron chi connectivity index (χ3n) is 4.38. The van der Waals surface area contributed by atoms with E-state index >= 15 is 0 Å². The molecule has 1 unspecified atom stereocenters. The summed E-state index contributed by atoms with van der Waals surface area (Å²) in [4.78, 5) is 0. The zero-order chi connectivity index (χ0) is 11.2. The zero-order valence-corrected chi connectivity index (χ0v) is 10.4. The zero-order valence-electron chi connectivity index (χ0n) is 10.4. The number of ether oxygens (including phenoxy) is 1. The van der Waals surface area contributed by atoms with Gasteiger partial charge < -0.3 is 9.84 Å². The molecule has 2 heteroatoms. The van der Waals surface area contributed by atoms with Crippen LogP contribution in [0.4, 0.5) is 0 Å². The molecule has 1 atom stereocenters. The average molecular weight is 226 g/mol. The Morgan fingerprint density at radius 1 is 0.750 bits per heavy atom. The van der Waals surface area contributed by atoms with Crippen LogP contribution in [0.25, 0.3) is 0 Å². The van der Waals surface area contributed by atoms with E-state index in [1.807, 2.05) is 0 Å². The first-order chi connectivity index (χ1) is 7.88. The van der Waals surface area contributed by atoms with Crippen LogP contribution in [0.15, 0.2) is 0 Å². The highest BCUT2D eigenvalue weighted by molar-refractivity contribution is 4.79. The van der Waals surface area contributed by atoms with Crippen molar-refractivity contribution in [1.82, 2.24) is 0 Å². The maximum absolute atomic E-state index is 10.5. The Morgan fingerprint density at radius 2 is 1.25 bits per heavy atom. The van der Waals surface area contributed by atoms with Crippen LogP contribution in [0.3, 0.4) is 0 Å². The van der Waals surface area contributed by atoms with Crippen molar-refractivity contribution in [1.29, 1.82) is 0 Å². The molecule has 0 spiro atoms. The van der Waals surface area contributed by atoms with Crippen molar-refractivity contribution in [2.24, 2.45) is 11.8 Å². The fraction of sp³-hybridized carbons (Fsp3) is 1.00. The Hall–Kier alpha value is -0.0800. The van der Waals surface area contributed by atoms with Crippen molar-refractivity contribution < 1.29 is 9.84 Å². The predicted octanol–water partition coefficient (Wildman–Crippen LogP) is 3.13. The molecule has 2 rings (SSSR count). The van der Waals surface area contributed by atoms with Gasteiger partial charge >= 0.3 is 0 Å². The molecule has 1 saturated carbocycles. The molecule has 2 aliphatic rings. The minimum absolute atomic E-state index is 0.0537. The van der Waals surface area contributed by atoms with E-state index in [2.05, 4.69) is 0 Å². The summed E-state index contributed by atoms with van der Waals surface area (Å²) in [5.74, 6) is 1.08. The first-order valence-electron chi connectivity index (χ1n) is 7.14. The normalized spacial score (nSPS) is 28.3. The molecule has 2 fully saturated rings. The Bertz CT molecular complexity index is 179. The molecule has 1 heterocycles. The summed E-state index contributed by atoms with van der Waals surface area (Å²) in [5, 5.41) is 10.5. The lowest BCUT2D eigenvalue weighted by Gasteiger charge is -2.33. The molecular weight excluding hydrogens is 200 g/mol. The summed E-state index contributed by atoms with van der Waals surface area (Å²) in [7, 11) is 0. The molecule has 16 heavy (non-hydrogen) atoms. The molecule has 2 nitrogen and oxygen atoms in total. The maximum Gasteiger partial charge on any atom is 0.0598 e. The van der Waals surface area contributed by atoms with E-state index in [0.29, 0.717) is 11.8 Å².